The van der Waals surface area contributed by atoms with E-state index >= 15 is 0 Å². The number of hydrogen-bond donors (Lipinski definition) is 2. The van der Waals surface area contributed by atoms with Gasteiger partial charge in [0.05, 0.1) is 18.0 Å². The molecule has 9 heteroatoms. The van der Waals surface area contributed by atoms with E-state index < -0.39 is 17.7 Å². The second-order valence-electron chi connectivity index (χ2n) is 6.11. The van der Waals surface area contributed by atoms with Gasteiger partial charge in [-0.2, -0.15) is 0 Å². The van der Waals surface area contributed by atoms with Gasteiger partial charge in [-0.15, -0.1) is 0 Å². The van der Waals surface area contributed by atoms with Crippen molar-refractivity contribution >= 4 is 17.8 Å². The fourth-order valence-corrected chi connectivity index (χ4v) is 2.85. The first kappa shape index (κ1) is 18.4. The molecule has 2 heterocycles. The molecule has 0 bridgehead atoms. The third kappa shape index (κ3) is 4.25. The maximum Gasteiger partial charge on any atom is 0.356 e. The molecule has 3 rings (SSSR count). The Morgan fingerprint density at radius 2 is 1.70 bits per heavy atom. The summed E-state index contributed by atoms with van der Waals surface area (Å²) < 4.78 is 13.8. The van der Waals surface area contributed by atoms with Crippen molar-refractivity contribution in [1.29, 1.82) is 0 Å². The summed E-state index contributed by atoms with van der Waals surface area (Å²) in [6, 6.07) is 5.67. The lowest BCUT2D eigenvalue weighted by molar-refractivity contribution is 0.0678. The molecule has 0 saturated carbocycles. The fraction of sp³-hybridized carbons (Fsp3) is 0.278. The summed E-state index contributed by atoms with van der Waals surface area (Å²) in [4.78, 5) is 44.3. The molecule has 0 spiro atoms. The molecular formula is C18H17FN4O4. The van der Waals surface area contributed by atoms with Crippen LogP contribution < -0.4 is 5.32 Å². The molecule has 1 aliphatic rings. The van der Waals surface area contributed by atoms with E-state index in [1.807, 2.05) is 0 Å². The predicted octanol–water partition coefficient (Wildman–Crippen LogP) is 1.35. The maximum absolute atomic E-state index is 13.8. The Hall–Kier alpha value is -3.36. The molecule has 2 N–H and O–H groups in total. The highest BCUT2D eigenvalue weighted by Crippen LogP contribution is 2.16. The molecule has 2 aromatic rings. The van der Waals surface area contributed by atoms with Gasteiger partial charge in [0.25, 0.3) is 11.8 Å². The van der Waals surface area contributed by atoms with Crippen LogP contribution >= 0.6 is 0 Å². The largest absolute Gasteiger partial charge is 0.476 e. The highest BCUT2D eigenvalue weighted by atomic mass is 19.1. The monoisotopic (exact) mass is 372 g/mol. The summed E-state index contributed by atoms with van der Waals surface area (Å²) in [6.45, 7) is 0.781. The summed E-state index contributed by atoms with van der Waals surface area (Å²) >= 11 is 0. The van der Waals surface area contributed by atoms with Crippen molar-refractivity contribution in [3.8, 4) is 0 Å². The van der Waals surface area contributed by atoms with Gasteiger partial charge in [-0.1, -0.05) is 12.1 Å². The molecule has 1 aromatic carbocycles. The molecule has 140 valence electrons. The minimum Gasteiger partial charge on any atom is -0.476 e. The van der Waals surface area contributed by atoms with Crippen molar-refractivity contribution in [1.82, 2.24) is 20.2 Å². The van der Waals surface area contributed by atoms with E-state index in [9.17, 15) is 18.8 Å². The normalized spacial score (nSPS) is 14.6. The van der Waals surface area contributed by atoms with Gasteiger partial charge in [0.15, 0.2) is 5.69 Å². The van der Waals surface area contributed by atoms with Crippen LogP contribution in [-0.4, -0.2) is 56.9 Å². The molecular weight excluding hydrogens is 355 g/mol. The summed E-state index contributed by atoms with van der Waals surface area (Å²) in [5.41, 5.74) is -0.190. The first-order chi connectivity index (χ1) is 13.0. The molecule has 1 saturated heterocycles. The minimum atomic E-state index is -1.22. The van der Waals surface area contributed by atoms with Gasteiger partial charge >= 0.3 is 5.97 Å². The Morgan fingerprint density at radius 3 is 2.30 bits per heavy atom. The number of carbonyl (C=O) groups excluding carboxylic acids is 2. The number of amides is 2. The van der Waals surface area contributed by atoms with Crippen molar-refractivity contribution in [3.05, 3.63) is 59.4 Å². The number of halogens is 1. The highest BCUT2D eigenvalue weighted by molar-refractivity contribution is 5.95. The van der Waals surface area contributed by atoms with Crippen LogP contribution in [0.15, 0.2) is 36.7 Å². The van der Waals surface area contributed by atoms with Crippen molar-refractivity contribution in [2.24, 2.45) is 0 Å². The average Bonchev–Trinajstić information content (AvgIpc) is 2.68. The molecule has 1 aliphatic heterocycles. The van der Waals surface area contributed by atoms with Crippen LogP contribution in [0.4, 0.5) is 4.39 Å². The lowest BCUT2D eigenvalue weighted by atomic mass is 10.0. The van der Waals surface area contributed by atoms with Crippen LogP contribution in [0.25, 0.3) is 0 Å². The van der Waals surface area contributed by atoms with Crippen molar-refractivity contribution < 1.29 is 23.9 Å². The van der Waals surface area contributed by atoms with E-state index in [0.29, 0.717) is 25.9 Å². The number of carboxylic acid groups (broad SMARTS) is 1. The van der Waals surface area contributed by atoms with Crippen molar-refractivity contribution in [2.75, 3.05) is 13.1 Å². The van der Waals surface area contributed by atoms with Gasteiger partial charge in [-0.05, 0) is 25.0 Å². The Labute approximate surface area is 154 Å². The number of nitrogens with zero attached hydrogens (tertiary/aromatic N) is 3. The number of piperidine rings is 1. The zero-order valence-corrected chi connectivity index (χ0v) is 14.3. The van der Waals surface area contributed by atoms with Crippen LogP contribution in [0.2, 0.25) is 0 Å². The highest BCUT2D eigenvalue weighted by Gasteiger charge is 2.26. The van der Waals surface area contributed by atoms with E-state index in [2.05, 4.69) is 15.3 Å². The Morgan fingerprint density at radius 1 is 1.07 bits per heavy atom. The van der Waals surface area contributed by atoms with E-state index in [4.69, 9.17) is 5.11 Å². The third-order valence-corrected chi connectivity index (χ3v) is 4.33. The van der Waals surface area contributed by atoms with Gasteiger partial charge < -0.3 is 15.3 Å². The van der Waals surface area contributed by atoms with Crippen LogP contribution in [0.5, 0.6) is 0 Å². The van der Waals surface area contributed by atoms with E-state index in [0.717, 1.165) is 12.4 Å². The summed E-state index contributed by atoms with van der Waals surface area (Å²) in [7, 11) is 0. The van der Waals surface area contributed by atoms with Crippen LogP contribution in [0.3, 0.4) is 0 Å². The second-order valence-corrected chi connectivity index (χ2v) is 6.11. The average molecular weight is 372 g/mol. The number of aromatic carboxylic acids is 1. The Balaban J connectivity index is 1.55. The molecule has 0 aliphatic carbocycles. The second kappa shape index (κ2) is 7.90. The van der Waals surface area contributed by atoms with Crippen molar-refractivity contribution in [2.45, 2.75) is 18.9 Å². The molecule has 1 aromatic heterocycles. The van der Waals surface area contributed by atoms with E-state index in [1.54, 1.807) is 11.0 Å². The molecule has 8 nitrogen and oxygen atoms in total. The predicted molar refractivity (Wildman–Crippen MR) is 91.8 cm³/mol. The lowest BCUT2D eigenvalue weighted by Gasteiger charge is -2.32. The molecule has 0 atom stereocenters. The SMILES string of the molecule is O=C(O)c1cnc(C(=O)NC2CCN(C(=O)c3ccccc3F)CC2)cn1. The standard InChI is InChI=1S/C18H17FN4O4/c19-13-4-2-1-3-12(13)17(25)23-7-5-11(6-8-23)22-16(24)14-9-21-15(10-20-14)18(26)27/h1-4,9-11H,5-8H2,(H,22,24)(H,26,27). The molecule has 0 radical (unpaired) electrons. The summed E-state index contributed by atoms with van der Waals surface area (Å²) in [5.74, 6) is -2.60. The summed E-state index contributed by atoms with van der Waals surface area (Å²) in [6.07, 6.45) is 3.17. The van der Waals surface area contributed by atoms with Crippen molar-refractivity contribution in [3.63, 3.8) is 0 Å². The first-order valence-corrected chi connectivity index (χ1v) is 8.35. The molecule has 2 amide bonds. The fourth-order valence-electron chi connectivity index (χ4n) is 2.85. The van der Waals surface area contributed by atoms with Crippen LogP contribution in [0.1, 0.15) is 44.2 Å². The maximum atomic E-state index is 13.8. The van der Waals surface area contributed by atoms with Gasteiger partial charge in [-0.3, -0.25) is 9.59 Å². The number of carbonyl (C=O) groups is 3. The molecule has 27 heavy (non-hydrogen) atoms. The number of benzene rings is 1. The van der Waals surface area contributed by atoms with Crippen LogP contribution in [0, 0.1) is 5.82 Å². The number of likely N-dealkylation sites (tertiary alicyclic amines) is 1. The van der Waals surface area contributed by atoms with Crippen LogP contribution in [-0.2, 0) is 0 Å². The van der Waals surface area contributed by atoms with Gasteiger partial charge in [-0.25, -0.2) is 19.2 Å². The zero-order valence-electron chi connectivity index (χ0n) is 14.3. The number of rotatable bonds is 4. The number of hydrogen-bond acceptors (Lipinski definition) is 5. The number of aromatic nitrogens is 2. The number of nitrogens with one attached hydrogen (secondary N) is 1. The smallest absolute Gasteiger partial charge is 0.356 e. The minimum absolute atomic E-state index is 0.0184. The molecule has 1 fully saturated rings. The van der Waals surface area contributed by atoms with E-state index in [-0.39, 0.29) is 28.9 Å². The quantitative estimate of drug-likeness (QED) is 0.838. The Bertz CT molecular complexity index is 864. The van der Waals surface area contributed by atoms with Gasteiger partial charge in [0.2, 0.25) is 0 Å². The first-order valence-electron chi connectivity index (χ1n) is 8.35. The number of carboxylic acids is 1. The lowest BCUT2D eigenvalue weighted by Crippen LogP contribution is -2.46. The Kier molecular flexibility index (Phi) is 5.39. The zero-order chi connectivity index (χ0) is 19.4. The van der Waals surface area contributed by atoms with Gasteiger partial charge in [0, 0.05) is 19.1 Å². The topological polar surface area (TPSA) is 112 Å². The summed E-state index contributed by atoms with van der Waals surface area (Å²) in [5, 5.41) is 11.6. The molecule has 0 unspecified atom stereocenters. The third-order valence-electron chi connectivity index (χ3n) is 4.33. The van der Waals surface area contributed by atoms with E-state index in [1.165, 1.54) is 18.2 Å². The van der Waals surface area contributed by atoms with Gasteiger partial charge in [0.1, 0.15) is 11.5 Å².